The van der Waals surface area contributed by atoms with Crippen molar-refractivity contribution in [3.05, 3.63) is 10.4 Å². The number of hydrogen-bond donors (Lipinski definition) is 8. The van der Waals surface area contributed by atoms with Gasteiger partial charge in [-0.05, 0) is 0 Å². The van der Waals surface area contributed by atoms with Crippen LogP contribution in [-0.4, -0.2) is 86.3 Å². The van der Waals surface area contributed by atoms with Crippen molar-refractivity contribution in [2.45, 2.75) is 24.9 Å². The summed E-state index contributed by atoms with van der Waals surface area (Å²) in [7, 11) is -16.7. The van der Waals surface area contributed by atoms with Gasteiger partial charge < -0.3 is 40.3 Å². The van der Waals surface area contributed by atoms with Crippen molar-refractivity contribution in [2.75, 3.05) is 18.9 Å². The number of nitrogen functional groups attached to an aromatic ring is 1. The molecule has 2 aromatic rings. The van der Waals surface area contributed by atoms with Crippen LogP contribution in [0.5, 0.6) is 0 Å². The highest BCUT2D eigenvalue weighted by atomic mass is 31.3. The van der Waals surface area contributed by atoms with Crippen molar-refractivity contribution in [2.24, 2.45) is 5.92 Å². The molecule has 192 valence electrons. The van der Waals surface area contributed by atoms with Gasteiger partial charge >= 0.3 is 23.5 Å². The maximum absolute atomic E-state index is 11.9. The fraction of sp³-hybridized carbons (Fsp3) is 0.636. The van der Waals surface area contributed by atoms with Gasteiger partial charge in [0.2, 0.25) is 5.95 Å². The maximum Gasteiger partial charge on any atom is 0.490 e. The van der Waals surface area contributed by atoms with Gasteiger partial charge in [0.1, 0.15) is 6.10 Å². The quantitative estimate of drug-likeness (QED) is 0.138. The van der Waals surface area contributed by atoms with Gasteiger partial charge in [-0.15, -0.1) is 5.10 Å². The number of nitrogens with two attached hydrogens (primary N) is 1. The van der Waals surface area contributed by atoms with Gasteiger partial charge in [0.25, 0.3) is 5.56 Å². The number of fused-ring (bicyclic) bond motifs is 1. The van der Waals surface area contributed by atoms with Crippen LogP contribution in [0.2, 0.25) is 0 Å². The standard InChI is InChI=1S/C11H19N6O14P3/c12-11-13-9-7(10(20)14-11)15-16-17(9)1-5-8(19)4(2-18)6(29-5)3-28-33(24,25)31-34(26,27)30-32(21,22)23/h4-6,8,18-19H,1-3H2,(H,24,25)(H,26,27)(H2,21,22,23)(H3,12,13,14,20)/t4-,5+,6-,8-/m1/s1. The lowest BCUT2D eigenvalue weighted by molar-refractivity contribution is -0.0213. The fourth-order valence-corrected chi connectivity index (χ4v) is 6.12. The molecule has 0 saturated carbocycles. The van der Waals surface area contributed by atoms with Crippen LogP contribution in [0.3, 0.4) is 0 Å². The molecule has 1 fully saturated rings. The summed E-state index contributed by atoms with van der Waals surface area (Å²) in [6.07, 6.45) is -3.79. The van der Waals surface area contributed by atoms with Crippen molar-refractivity contribution in [3.63, 3.8) is 0 Å². The van der Waals surface area contributed by atoms with E-state index < -0.39 is 66.5 Å². The van der Waals surface area contributed by atoms with Crippen LogP contribution in [0.25, 0.3) is 11.2 Å². The van der Waals surface area contributed by atoms with E-state index in [2.05, 4.69) is 33.4 Å². The molecule has 1 aliphatic heterocycles. The lowest BCUT2D eigenvalue weighted by atomic mass is 9.97. The minimum atomic E-state index is -5.72. The number of nitrogens with one attached hydrogen (secondary N) is 1. The number of phosphoric ester groups is 1. The summed E-state index contributed by atoms with van der Waals surface area (Å²) >= 11 is 0. The predicted molar refractivity (Wildman–Crippen MR) is 105 cm³/mol. The first-order valence-corrected chi connectivity index (χ1v) is 13.4. The number of aromatic nitrogens is 5. The third-order valence-corrected chi connectivity index (χ3v) is 8.22. The Morgan fingerprint density at radius 1 is 1.12 bits per heavy atom. The maximum atomic E-state index is 11.9. The largest absolute Gasteiger partial charge is 0.490 e. The zero-order valence-electron chi connectivity index (χ0n) is 16.6. The minimum Gasteiger partial charge on any atom is -0.396 e. The summed E-state index contributed by atoms with van der Waals surface area (Å²) in [4.78, 5) is 53.8. The molecule has 1 aliphatic rings. The first-order valence-electron chi connectivity index (χ1n) is 8.92. The first kappa shape index (κ1) is 27.0. The van der Waals surface area contributed by atoms with Crippen LogP contribution in [0.1, 0.15) is 0 Å². The van der Waals surface area contributed by atoms with Gasteiger partial charge in [0.15, 0.2) is 11.2 Å². The third kappa shape index (κ3) is 6.52. The molecule has 0 bridgehead atoms. The molecule has 20 nitrogen and oxygen atoms in total. The summed E-state index contributed by atoms with van der Waals surface area (Å²) in [5.41, 5.74) is 4.65. The summed E-state index contributed by atoms with van der Waals surface area (Å²) in [6, 6.07) is 0. The molecular formula is C11H19N6O14P3. The van der Waals surface area contributed by atoms with Crippen LogP contribution in [0, 0.1) is 5.92 Å². The summed E-state index contributed by atoms with van der Waals surface area (Å²) in [5.74, 6) is -1.32. The monoisotopic (exact) mass is 552 g/mol. The van der Waals surface area contributed by atoms with Gasteiger partial charge in [-0.3, -0.25) is 14.3 Å². The second-order valence-corrected chi connectivity index (χ2v) is 11.3. The molecule has 3 heterocycles. The Bertz CT molecular complexity index is 1240. The van der Waals surface area contributed by atoms with E-state index in [-0.39, 0.29) is 23.7 Å². The Hall–Kier alpha value is -1.63. The van der Waals surface area contributed by atoms with Gasteiger partial charge in [-0.25, -0.2) is 18.4 Å². The first-order chi connectivity index (χ1) is 15.6. The molecule has 0 aromatic carbocycles. The van der Waals surface area contributed by atoms with Crippen molar-refractivity contribution >= 4 is 40.6 Å². The van der Waals surface area contributed by atoms with Gasteiger partial charge in [0, 0.05) is 5.92 Å². The van der Waals surface area contributed by atoms with Crippen LogP contribution in [0.15, 0.2) is 4.79 Å². The Labute approximate surface area is 187 Å². The van der Waals surface area contributed by atoms with Crippen molar-refractivity contribution in [1.29, 1.82) is 0 Å². The Kier molecular flexibility index (Phi) is 7.76. The second-order valence-electron chi connectivity index (χ2n) is 6.83. The molecule has 0 spiro atoms. The molecule has 0 aliphatic carbocycles. The number of nitrogens with zero attached hydrogens (tertiary/aromatic N) is 4. The number of rotatable bonds is 10. The Morgan fingerprint density at radius 2 is 1.79 bits per heavy atom. The number of H-pyrrole nitrogens is 1. The SMILES string of the molecule is Nc1nc2c(nnn2C[C@@H]2O[C@H](COP(=O)(O)OP(=O)(O)OP(=O)(O)O)[C@@H](CO)[C@H]2O)c(=O)[nH]1. The Balaban J connectivity index is 1.69. The van der Waals surface area contributed by atoms with E-state index in [9.17, 15) is 33.6 Å². The van der Waals surface area contributed by atoms with Crippen LogP contribution >= 0.6 is 23.5 Å². The molecule has 1 saturated heterocycles. The average Bonchev–Trinajstić information content (AvgIpc) is 3.18. The average molecular weight is 552 g/mol. The van der Waals surface area contributed by atoms with Gasteiger partial charge in [-0.2, -0.15) is 13.6 Å². The number of hydrogen-bond acceptors (Lipinski definition) is 14. The molecule has 6 atom stereocenters. The number of ether oxygens (including phenoxy) is 1. The number of phosphoric acid groups is 3. The summed E-state index contributed by atoms with van der Waals surface area (Å²) in [5, 5.41) is 27.4. The summed E-state index contributed by atoms with van der Waals surface area (Å²) < 4.78 is 52.2. The number of aliphatic hydroxyl groups excluding tert-OH is 2. The lowest BCUT2D eigenvalue weighted by Gasteiger charge is -2.20. The zero-order valence-corrected chi connectivity index (χ0v) is 19.3. The van der Waals surface area contributed by atoms with E-state index >= 15 is 0 Å². The molecule has 3 rings (SSSR count). The number of aromatic amines is 1. The smallest absolute Gasteiger partial charge is 0.396 e. The van der Waals surface area contributed by atoms with E-state index in [1.165, 1.54) is 0 Å². The van der Waals surface area contributed by atoms with Crippen LogP contribution < -0.4 is 11.3 Å². The fourth-order valence-electron chi connectivity index (χ4n) is 3.09. The number of anilines is 1. The molecule has 34 heavy (non-hydrogen) atoms. The van der Waals surface area contributed by atoms with E-state index in [0.29, 0.717) is 0 Å². The molecule has 23 heteroatoms. The molecule has 2 unspecified atom stereocenters. The molecule has 0 radical (unpaired) electrons. The third-order valence-electron chi connectivity index (χ3n) is 4.42. The predicted octanol–water partition coefficient (Wildman–Crippen LogP) is -2.82. The zero-order chi connectivity index (χ0) is 25.5. The second kappa shape index (κ2) is 9.79. The van der Waals surface area contributed by atoms with Crippen molar-refractivity contribution in [1.82, 2.24) is 25.0 Å². The van der Waals surface area contributed by atoms with E-state index in [1.54, 1.807) is 0 Å². The molecule has 0 amide bonds. The highest BCUT2D eigenvalue weighted by Crippen LogP contribution is 2.66. The number of aliphatic hydroxyl groups is 2. The molecular weight excluding hydrogens is 533 g/mol. The van der Waals surface area contributed by atoms with E-state index in [4.69, 9.17) is 25.2 Å². The van der Waals surface area contributed by atoms with E-state index in [1.807, 2.05) is 0 Å². The molecule has 9 N–H and O–H groups in total. The van der Waals surface area contributed by atoms with Gasteiger partial charge in [-0.1, -0.05) is 5.21 Å². The normalized spacial score (nSPS) is 27.0. The topological polar surface area (TPSA) is 312 Å². The molecule has 2 aromatic heterocycles. The minimum absolute atomic E-state index is 0.0330. The van der Waals surface area contributed by atoms with Crippen LogP contribution in [0.4, 0.5) is 5.95 Å². The Morgan fingerprint density at radius 3 is 2.41 bits per heavy atom. The lowest BCUT2D eigenvalue weighted by Crippen LogP contribution is -2.33. The van der Waals surface area contributed by atoms with Crippen LogP contribution in [-0.2, 0) is 38.1 Å². The van der Waals surface area contributed by atoms with Crippen molar-refractivity contribution in [3.8, 4) is 0 Å². The highest BCUT2D eigenvalue weighted by molar-refractivity contribution is 7.66. The summed E-state index contributed by atoms with van der Waals surface area (Å²) in [6.45, 7) is -1.83. The highest BCUT2D eigenvalue weighted by Gasteiger charge is 2.46. The van der Waals surface area contributed by atoms with Gasteiger partial charge in [0.05, 0.1) is 32.0 Å². The van der Waals surface area contributed by atoms with Crippen molar-refractivity contribution < 1.29 is 61.4 Å². The van der Waals surface area contributed by atoms with E-state index in [0.717, 1.165) is 4.68 Å².